The van der Waals surface area contributed by atoms with Crippen molar-refractivity contribution in [3.8, 4) is 0 Å². The van der Waals surface area contributed by atoms with Gasteiger partial charge in [-0.3, -0.25) is 0 Å². The number of likely N-dealkylation sites (N-methyl/N-ethyl adjacent to an activating group) is 1. The van der Waals surface area contributed by atoms with Crippen LogP contribution in [0.4, 0.5) is 0 Å². The minimum Gasteiger partial charge on any atom is -0.333 e. The smallest absolute Gasteiger partial charge is 0.139 e. The molecule has 0 radical (unpaired) electrons. The van der Waals surface area contributed by atoms with Crippen molar-refractivity contribution in [2.45, 2.75) is 20.8 Å². The third-order valence-electron chi connectivity index (χ3n) is 2.13. The molecule has 1 aliphatic heterocycles. The highest BCUT2D eigenvalue weighted by Crippen LogP contribution is 2.19. The van der Waals surface area contributed by atoms with Crippen LogP contribution in [0.3, 0.4) is 0 Å². The Hall–Kier alpha value is -1.31. The van der Waals surface area contributed by atoms with E-state index in [0.717, 1.165) is 5.84 Å². The fourth-order valence-corrected chi connectivity index (χ4v) is 1.27. The summed E-state index contributed by atoms with van der Waals surface area (Å²) < 4.78 is 0. The third kappa shape index (κ3) is 1.89. The number of nitrogens with zero attached hydrogens (tertiary/aromatic N) is 2. The SMILES string of the molecule is C\C=C/N=C1\C(=C/C)C=C(C)N1C. The summed E-state index contributed by atoms with van der Waals surface area (Å²) in [6, 6.07) is 0. The van der Waals surface area contributed by atoms with E-state index in [-0.39, 0.29) is 0 Å². The molecule has 0 aromatic carbocycles. The molecular weight excluding hydrogens is 160 g/mol. The van der Waals surface area contributed by atoms with Gasteiger partial charge in [-0.2, -0.15) is 0 Å². The Morgan fingerprint density at radius 3 is 2.62 bits per heavy atom. The number of allylic oxidation sites excluding steroid dienone is 3. The van der Waals surface area contributed by atoms with Gasteiger partial charge in [-0.1, -0.05) is 12.2 Å². The van der Waals surface area contributed by atoms with Gasteiger partial charge in [0.15, 0.2) is 0 Å². The number of rotatable bonds is 1. The molecule has 2 nitrogen and oxygen atoms in total. The molecule has 0 saturated heterocycles. The standard InChI is InChI=1S/C11H16N2/c1-5-7-12-11-10(6-2)8-9(3)13(11)4/h5-8H,1-4H3/b7-5-,10-6-,12-11+. The molecule has 2 heteroatoms. The van der Waals surface area contributed by atoms with Gasteiger partial charge in [-0.25, -0.2) is 4.99 Å². The summed E-state index contributed by atoms with van der Waals surface area (Å²) in [4.78, 5) is 6.46. The van der Waals surface area contributed by atoms with E-state index in [9.17, 15) is 0 Å². The predicted octanol–water partition coefficient (Wildman–Crippen LogP) is 2.71. The lowest BCUT2D eigenvalue weighted by atomic mass is 10.2. The van der Waals surface area contributed by atoms with E-state index in [1.54, 1.807) is 0 Å². The highest BCUT2D eigenvalue weighted by Gasteiger charge is 2.17. The first-order valence-corrected chi connectivity index (χ1v) is 4.48. The normalized spacial score (nSPS) is 23.7. The van der Waals surface area contributed by atoms with Crippen LogP contribution in [0.5, 0.6) is 0 Å². The molecule has 0 aromatic heterocycles. The topological polar surface area (TPSA) is 15.6 Å². The Balaban J connectivity index is 3.00. The molecule has 0 aliphatic carbocycles. The summed E-state index contributed by atoms with van der Waals surface area (Å²) in [5.41, 5.74) is 2.43. The Labute approximate surface area is 80.0 Å². The quantitative estimate of drug-likeness (QED) is 0.599. The van der Waals surface area contributed by atoms with Crippen LogP contribution in [0.2, 0.25) is 0 Å². The maximum absolute atomic E-state index is 4.37. The average molecular weight is 176 g/mol. The van der Waals surface area contributed by atoms with E-state index in [0.29, 0.717) is 0 Å². The van der Waals surface area contributed by atoms with Gasteiger partial charge in [0.25, 0.3) is 0 Å². The summed E-state index contributed by atoms with van der Waals surface area (Å²) in [5, 5.41) is 0. The predicted molar refractivity (Wildman–Crippen MR) is 57.5 cm³/mol. The van der Waals surface area contributed by atoms with Crippen molar-refractivity contribution >= 4 is 5.84 Å². The maximum Gasteiger partial charge on any atom is 0.139 e. The van der Waals surface area contributed by atoms with Gasteiger partial charge < -0.3 is 4.90 Å². The number of aliphatic imine (C=N–C) groups is 1. The van der Waals surface area contributed by atoms with Crippen molar-refractivity contribution in [1.82, 2.24) is 4.90 Å². The van der Waals surface area contributed by atoms with Gasteiger partial charge in [0, 0.05) is 24.5 Å². The molecule has 1 heterocycles. The zero-order valence-corrected chi connectivity index (χ0v) is 8.70. The summed E-state index contributed by atoms with van der Waals surface area (Å²) in [5.74, 6) is 1.03. The van der Waals surface area contributed by atoms with E-state index in [4.69, 9.17) is 0 Å². The molecule has 0 bridgehead atoms. The second-order valence-corrected chi connectivity index (χ2v) is 3.02. The van der Waals surface area contributed by atoms with Crippen molar-refractivity contribution in [3.05, 3.63) is 35.7 Å². The van der Waals surface area contributed by atoms with Crippen LogP contribution < -0.4 is 0 Å². The first-order chi connectivity index (χ1) is 6.20. The molecule has 70 valence electrons. The third-order valence-corrected chi connectivity index (χ3v) is 2.13. The van der Waals surface area contributed by atoms with Crippen LogP contribution in [-0.4, -0.2) is 17.8 Å². The fourth-order valence-electron chi connectivity index (χ4n) is 1.27. The number of hydrogen-bond acceptors (Lipinski definition) is 1. The molecule has 13 heavy (non-hydrogen) atoms. The first-order valence-electron chi connectivity index (χ1n) is 4.48. The first kappa shape index (κ1) is 9.78. The summed E-state index contributed by atoms with van der Waals surface area (Å²) in [6.07, 6.45) is 7.97. The number of hydrogen-bond donors (Lipinski definition) is 0. The molecule has 0 fully saturated rings. The van der Waals surface area contributed by atoms with E-state index >= 15 is 0 Å². The van der Waals surface area contributed by atoms with Gasteiger partial charge in [0.2, 0.25) is 0 Å². The van der Waals surface area contributed by atoms with Gasteiger partial charge in [-0.15, -0.1) is 0 Å². The van der Waals surface area contributed by atoms with E-state index in [2.05, 4.69) is 29.0 Å². The second-order valence-electron chi connectivity index (χ2n) is 3.02. The fraction of sp³-hybridized carbons (Fsp3) is 0.364. The molecule has 0 saturated carbocycles. The monoisotopic (exact) mass is 176 g/mol. The van der Waals surface area contributed by atoms with Crippen LogP contribution >= 0.6 is 0 Å². The summed E-state index contributed by atoms with van der Waals surface area (Å²) in [6.45, 7) is 6.08. The van der Waals surface area contributed by atoms with Crippen LogP contribution in [0.25, 0.3) is 0 Å². The van der Waals surface area contributed by atoms with Crippen LogP contribution in [0.1, 0.15) is 20.8 Å². The van der Waals surface area contributed by atoms with Crippen molar-refractivity contribution in [2.75, 3.05) is 7.05 Å². The molecule has 1 aliphatic rings. The molecular formula is C11H16N2. The molecule has 0 spiro atoms. The van der Waals surface area contributed by atoms with E-state index < -0.39 is 0 Å². The van der Waals surface area contributed by atoms with Gasteiger partial charge in [-0.05, 0) is 26.8 Å². The molecule has 0 aromatic rings. The molecule has 0 atom stereocenters. The minimum absolute atomic E-state index is 1.03. The zero-order chi connectivity index (χ0) is 9.84. The Kier molecular flexibility index (Phi) is 3.07. The average Bonchev–Trinajstić information content (AvgIpc) is 2.40. The van der Waals surface area contributed by atoms with Gasteiger partial charge in [0.1, 0.15) is 5.84 Å². The van der Waals surface area contributed by atoms with Gasteiger partial charge >= 0.3 is 0 Å². The summed E-state index contributed by atoms with van der Waals surface area (Å²) >= 11 is 0. The Bertz CT molecular complexity index is 306. The second kappa shape index (κ2) is 4.08. The maximum atomic E-state index is 4.37. The highest BCUT2D eigenvalue weighted by atomic mass is 15.2. The van der Waals surface area contributed by atoms with Crippen LogP contribution in [0, 0.1) is 0 Å². The lowest BCUT2D eigenvalue weighted by Gasteiger charge is -2.13. The van der Waals surface area contributed by atoms with E-state index in [1.807, 2.05) is 33.2 Å². The minimum atomic E-state index is 1.03. The molecule has 0 amide bonds. The molecule has 0 unspecified atom stereocenters. The zero-order valence-electron chi connectivity index (χ0n) is 8.70. The summed E-state index contributed by atoms with van der Waals surface area (Å²) in [7, 11) is 2.03. The van der Waals surface area contributed by atoms with Crippen molar-refractivity contribution in [1.29, 1.82) is 0 Å². The van der Waals surface area contributed by atoms with Crippen molar-refractivity contribution < 1.29 is 0 Å². The van der Waals surface area contributed by atoms with Gasteiger partial charge in [0.05, 0.1) is 0 Å². The van der Waals surface area contributed by atoms with Crippen molar-refractivity contribution in [3.63, 3.8) is 0 Å². The Morgan fingerprint density at radius 2 is 2.08 bits per heavy atom. The van der Waals surface area contributed by atoms with Crippen LogP contribution in [0.15, 0.2) is 40.7 Å². The van der Waals surface area contributed by atoms with E-state index in [1.165, 1.54) is 11.3 Å². The molecule has 1 rings (SSSR count). The largest absolute Gasteiger partial charge is 0.333 e. The Morgan fingerprint density at radius 1 is 1.38 bits per heavy atom. The lowest BCUT2D eigenvalue weighted by molar-refractivity contribution is 0.644. The highest BCUT2D eigenvalue weighted by molar-refractivity contribution is 6.04. The lowest BCUT2D eigenvalue weighted by Crippen LogP contribution is -2.19. The van der Waals surface area contributed by atoms with Crippen molar-refractivity contribution in [2.24, 2.45) is 4.99 Å². The number of amidine groups is 1. The van der Waals surface area contributed by atoms with Crippen LogP contribution in [-0.2, 0) is 0 Å². The molecule has 0 N–H and O–H groups in total.